The number of carbonyl (C=O) groups excluding carboxylic acids is 1. The summed E-state index contributed by atoms with van der Waals surface area (Å²) in [7, 11) is 2.73. The molecule has 0 aliphatic carbocycles. The highest BCUT2D eigenvalue weighted by Gasteiger charge is 2.36. The van der Waals surface area contributed by atoms with E-state index in [1.54, 1.807) is 6.07 Å². The minimum Gasteiger partial charge on any atom is -0.493 e. The third-order valence-electron chi connectivity index (χ3n) is 3.86. The Morgan fingerprint density at radius 3 is 2.52 bits per heavy atom. The molecule has 1 aliphatic heterocycles. The molecule has 1 atom stereocenters. The zero-order valence-electron chi connectivity index (χ0n) is 14.9. The summed E-state index contributed by atoms with van der Waals surface area (Å²) >= 11 is 0. The Kier molecular flexibility index (Phi) is 6.26. The third kappa shape index (κ3) is 4.62. The van der Waals surface area contributed by atoms with Crippen molar-refractivity contribution < 1.29 is 26.9 Å². The number of nitrogens with one attached hydrogen (secondary N) is 1. The molecule has 1 aliphatic rings. The number of hydrogen-bond donors (Lipinski definition) is 1. The number of rotatable bonds is 7. The summed E-state index contributed by atoms with van der Waals surface area (Å²) in [6.45, 7) is 1.28. The summed E-state index contributed by atoms with van der Waals surface area (Å²) in [6, 6.07) is 2.93. The summed E-state index contributed by atoms with van der Waals surface area (Å²) < 4.78 is 40.1. The lowest BCUT2D eigenvalue weighted by atomic mass is 10.1. The molecule has 1 heterocycles. The molecule has 0 spiro atoms. The number of benzene rings is 1. The fourth-order valence-electron chi connectivity index (χ4n) is 2.59. The van der Waals surface area contributed by atoms with Crippen molar-refractivity contribution in [2.45, 2.75) is 23.8 Å². The van der Waals surface area contributed by atoms with Crippen molar-refractivity contribution >= 4 is 16.0 Å². The highest BCUT2D eigenvalue weighted by molar-refractivity contribution is 7.87. The standard InChI is InChI=1S/C16H24N2O6S/c1-18(2)7-5-6-17-16(19)14-9-11-8-12(22-3)13(23-4)10-15(11)25(20,21)24-14/h8,10,14H,5-7,9H2,1-4H3,(H,17,19). The van der Waals surface area contributed by atoms with Gasteiger partial charge in [0.05, 0.1) is 14.2 Å². The van der Waals surface area contributed by atoms with Crippen molar-refractivity contribution in [2.24, 2.45) is 0 Å². The van der Waals surface area contributed by atoms with Crippen molar-refractivity contribution in [3.63, 3.8) is 0 Å². The minimum atomic E-state index is -4.04. The first-order chi connectivity index (χ1) is 11.8. The molecule has 1 amide bonds. The normalized spacial score (nSPS) is 18.5. The number of carbonyl (C=O) groups is 1. The molecule has 0 saturated heterocycles. The summed E-state index contributed by atoms with van der Waals surface area (Å²) in [6.07, 6.45) is -0.177. The van der Waals surface area contributed by atoms with E-state index >= 15 is 0 Å². The van der Waals surface area contributed by atoms with E-state index in [0.29, 0.717) is 23.6 Å². The molecule has 1 aromatic carbocycles. The summed E-state index contributed by atoms with van der Waals surface area (Å²) in [5.74, 6) is 0.256. The van der Waals surface area contributed by atoms with Gasteiger partial charge >= 0.3 is 0 Å². The van der Waals surface area contributed by atoms with Crippen molar-refractivity contribution in [1.82, 2.24) is 10.2 Å². The second kappa shape index (κ2) is 8.03. The Bertz CT molecular complexity index is 732. The Hall–Kier alpha value is -1.84. The zero-order chi connectivity index (χ0) is 18.6. The molecule has 0 aromatic heterocycles. The first-order valence-corrected chi connectivity index (χ1v) is 9.30. The zero-order valence-corrected chi connectivity index (χ0v) is 15.7. The lowest BCUT2D eigenvalue weighted by Gasteiger charge is -2.25. The maximum Gasteiger partial charge on any atom is 0.298 e. The number of fused-ring (bicyclic) bond motifs is 1. The monoisotopic (exact) mass is 372 g/mol. The van der Waals surface area contributed by atoms with Gasteiger partial charge < -0.3 is 19.7 Å². The number of nitrogens with zero attached hydrogens (tertiary/aromatic N) is 1. The Morgan fingerprint density at radius 2 is 1.92 bits per heavy atom. The maximum atomic E-state index is 12.4. The molecule has 9 heteroatoms. The van der Waals surface area contributed by atoms with E-state index in [1.807, 2.05) is 19.0 Å². The molecule has 1 aromatic rings. The molecule has 0 fully saturated rings. The van der Waals surface area contributed by atoms with Crippen LogP contribution in [-0.4, -0.2) is 66.7 Å². The van der Waals surface area contributed by atoms with Gasteiger partial charge in [-0.3, -0.25) is 8.98 Å². The lowest BCUT2D eigenvalue weighted by Crippen LogP contribution is -2.42. The van der Waals surface area contributed by atoms with E-state index in [4.69, 9.17) is 13.7 Å². The van der Waals surface area contributed by atoms with E-state index < -0.39 is 22.1 Å². The Balaban J connectivity index is 2.16. The predicted octanol–water partition coefficient (Wildman–Crippen LogP) is 0.402. The van der Waals surface area contributed by atoms with Crippen molar-refractivity contribution in [2.75, 3.05) is 41.4 Å². The van der Waals surface area contributed by atoms with E-state index in [-0.39, 0.29) is 11.3 Å². The lowest BCUT2D eigenvalue weighted by molar-refractivity contribution is -0.128. The van der Waals surface area contributed by atoms with Gasteiger partial charge in [0.25, 0.3) is 16.0 Å². The van der Waals surface area contributed by atoms with Gasteiger partial charge in [-0.15, -0.1) is 0 Å². The van der Waals surface area contributed by atoms with Crippen LogP contribution in [0.15, 0.2) is 17.0 Å². The molecule has 1 unspecified atom stereocenters. The van der Waals surface area contributed by atoms with Gasteiger partial charge in [-0.25, -0.2) is 0 Å². The minimum absolute atomic E-state index is 0.00167. The van der Waals surface area contributed by atoms with Crippen molar-refractivity contribution in [3.8, 4) is 11.5 Å². The average molecular weight is 372 g/mol. The van der Waals surface area contributed by atoms with Crippen LogP contribution in [0.1, 0.15) is 12.0 Å². The molecule has 140 valence electrons. The number of methoxy groups -OCH3 is 2. The smallest absolute Gasteiger partial charge is 0.298 e. The number of ether oxygens (including phenoxy) is 2. The van der Waals surface area contributed by atoms with Gasteiger partial charge in [0, 0.05) is 19.0 Å². The fourth-order valence-corrected chi connectivity index (χ4v) is 3.87. The van der Waals surface area contributed by atoms with Crippen LogP contribution in [0, 0.1) is 0 Å². The summed E-state index contributed by atoms with van der Waals surface area (Å²) in [5.41, 5.74) is 0.470. The molecule has 2 rings (SSSR count). The topological polar surface area (TPSA) is 94.2 Å². The van der Waals surface area contributed by atoms with Gasteiger partial charge in [-0.1, -0.05) is 0 Å². The largest absolute Gasteiger partial charge is 0.493 e. The first kappa shape index (κ1) is 19.5. The van der Waals surface area contributed by atoms with Crippen LogP contribution in [0.25, 0.3) is 0 Å². The van der Waals surface area contributed by atoms with Crippen LogP contribution in [0.2, 0.25) is 0 Å². The highest BCUT2D eigenvalue weighted by Crippen LogP contribution is 2.37. The average Bonchev–Trinajstić information content (AvgIpc) is 2.56. The van der Waals surface area contributed by atoms with Crippen molar-refractivity contribution in [3.05, 3.63) is 17.7 Å². The highest BCUT2D eigenvalue weighted by atomic mass is 32.2. The van der Waals surface area contributed by atoms with Crippen molar-refractivity contribution in [1.29, 1.82) is 0 Å². The second-order valence-electron chi connectivity index (χ2n) is 6.01. The van der Waals surface area contributed by atoms with E-state index in [0.717, 1.165) is 13.0 Å². The second-order valence-corrected chi connectivity index (χ2v) is 7.55. The van der Waals surface area contributed by atoms with Gasteiger partial charge in [0.2, 0.25) is 0 Å². The van der Waals surface area contributed by atoms with Gasteiger partial charge in [0.1, 0.15) is 4.90 Å². The molecule has 25 heavy (non-hydrogen) atoms. The van der Waals surface area contributed by atoms with E-state index in [9.17, 15) is 13.2 Å². The molecule has 8 nitrogen and oxygen atoms in total. The number of hydrogen-bond acceptors (Lipinski definition) is 7. The molecular formula is C16H24N2O6S. The molecule has 0 saturated carbocycles. The van der Waals surface area contributed by atoms with Crippen LogP contribution in [-0.2, 0) is 25.5 Å². The van der Waals surface area contributed by atoms with Gasteiger partial charge in [-0.05, 0) is 38.7 Å². The van der Waals surface area contributed by atoms with Crippen LogP contribution in [0.5, 0.6) is 11.5 Å². The molecular weight excluding hydrogens is 348 g/mol. The van der Waals surface area contributed by atoms with Crippen LogP contribution < -0.4 is 14.8 Å². The molecule has 1 N–H and O–H groups in total. The number of amides is 1. The first-order valence-electron chi connectivity index (χ1n) is 7.89. The summed E-state index contributed by atoms with van der Waals surface area (Å²) in [4.78, 5) is 14.3. The van der Waals surface area contributed by atoms with Crippen LogP contribution >= 0.6 is 0 Å². The van der Waals surface area contributed by atoms with E-state index in [1.165, 1.54) is 20.3 Å². The van der Waals surface area contributed by atoms with Gasteiger partial charge in [0.15, 0.2) is 17.6 Å². The quantitative estimate of drug-likeness (QED) is 0.547. The van der Waals surface area contributed by atoms with E-state index in [2.05, 4.69) is 5.32 Å². The summed E-state index contributed by atoms with van der Waals surface area (Å²) in [5, 5.41) is 2.72. The van der Waals surface area contributed by atoms with Crippen LogP contribution in [0.4, 0.5) is 0 Å². The maximum absolute atomic E-state index is 12.4. The Labute approximate surface area is 148 Å². The molecule has 0 bridgehead atoms. The predicted molar refractivity (Wildman–Crippen MR) is 91.5 cm³/mol. The molecule has 0 radical (unpaired) electrons. The third-order valence-corrected chi connectivity index (χ3v) is 5.26. The van der Waals surface area contributed by atoms with Crippen LogP contribution in [0.3, 0.4) is 0 Å². The Morgan fingerprint density at radius 1 is 1.28 bits per heavy atom. The fraction of sp³-hybridized carbons (Fsp3) is 0.562. The van der Waals surface area contributed by atoms with Gasteiger partial charge in [-0.2, -0.15) is 8.42 Å². The SMILES string of the molecule is COc1cc2c(cc1OC)S(=O)(=O)OC(C(=O)NCCCN(C)C)C2.